The molecular formula is C10H13N5OS. The number of anilines is 1. The van der Waals surface area contributed by atoms with Gasteiger partial charge in [0.2, 0.25) is 0 Å². The van der Waals surface area contributed by atoms with E-state index in [0.717, 1.165) is 6.42 Å². The van der Waals surface area contributed by atoms with Gasteiger partial charge in [-0.1, -0.05) is 11.3 Å². The molecule has 2 aromatic heterocycles. The standard InChI is InChI=1S/C10H13N5OS/c1-15-7-9(13-14-15)12-10(16)11-5-4-8-3-2-6-17-8/h2-3,6-7H,4-5H2,1H3,(H2,11,12,16). The molecule has 0 saturated heterocycles. The van der Waals surface area contributed by atoms with Gasteiger partial charge in [0.05, 0.1) is 6.20 Å². The third kappa shape index (κ3) is 3.56. The number of hydrogen-bond acceptors (Lipinski definition) is 4. The first-order chi connectivity index (χ1) is 8.24. The van der Waals surface area contributed by atoms with Gasteiger partial charge < -0.3 is 5.32 Å². The van der Waals surface area contributed by atoms with Gasteiger partial charge >= 0.3 is 6.03 Å². The molecular weight excluding hydrogens is 238 g/mol. The molecule has 0 bridgehead atoms. The van der Waals surface area contributed by atoms with Gasteiger partial charge in [0.1, 0.15) is 0 Å². The Bertz CT molecular complexity index is 479. The topological polar surface area (TPSA) is 71.8 Å². The molecule has 0 aromatic carbocycles. The van der Waals surface area contributed by atoms with Gasteiger partial charge in [-0.2, -0.15) is 0 Å². The molecule has 2 amide bonds. The Hall–Kier alpha value is -1.89. The van der Waals surface area contributed by atoms with E-state index in [-0.39, 0.29) is 6.03 Å². The van der Waals surface area contributed by atoms with Crippen LogP contribution in [-0.4, -0.2) is 27.6 Å². The van der Waals surface area contributed by atoms with E-state index in [1.165, 1.54) is 9.56 Å². The zero-order valence-corrected chi connectivity index (χ0v) is 10.2. The first-order valence-electron chi connectivity index (χ1n) is 5.17. The number of aryl methyl sites for hydroxylation is 1. The second-order valence-electron chi connectivity index (χ2n) is 3.49. The molecule has 0 aliphatic rings. The highest BCUT2D eigenvalue weighted by molar-refractivity contribution is 7.09. The van der Waals surface area contributed by atoms with Crippen LogP contribution in [0, 0.1) is 0 Å². The summed E-state index contributed by atoms with van der Waals surface area (Å²) in [6.45, 7) is 0.604. The zero-order chi connectivity index (χ0) is 12.1. The fraction of sp³-hybridized carbons (Fsp3) is 0.300. The number of aromatic nitrogens is 3. The van der Waals surface area contributed by atoms with Crippen molar-refractivity contribution in [2.24, 2.45) is 7.05 Å². The second-order valence-corrected chi connectivity index (χ2v) is 4.52. The Morgan fingerprint density at radius 2 is 2.47 bits per heavy atom. The largest absolute Gasteiger partial charge is 0.337 e. The molecule has 2 aromatic rings. The fourth-order valence-electron chi connectivity index (χ4n) is 1.32. The third-order valence-corrected chi connectivity index (χ3v) is 3.02. The number of nitrogens with one attached hydrogen (secondary N) is 2. The number of carbonyl (C=O) groups excluding carboxylic acids is 1. The maximum absolute atomic E-state index is 11.5. The maximum Gasteiger partial charge on any atom is 0.320 e. The number of nitrogens with zero attached hydrogens (tertiary/aromatic N) is 3. The SMILES string of the molecule is Cn1cc(NC(=O)NCCc2cccs2)nn1. The number of amides is 2. The summed E-state index contributed by atoms with van der Waals surface area (Å²) in [5.41, 5.74) is 0. The monoisotopic (exact) mass is 251 g/mol. The molecule has 90 valence electrons. The van der Waals surface area contributed by atoms with E-state index in [4.69, 9.17) is 0 Å². The van der Waals surface area contributed by atoms with Crippen molar-refractivity contribution in [3.8, 4) is 0 Å². The lowest BCUT2D eigenvalue weighted by atomic mass is 10.3. The highest BCUT2D eigenvalue weighted by Crippen LogP contribution is 2.08. The molecule has 0 unspecified atom stereocenters. The predicted octanol–water partition coefficient (Wildman–Crippen LogP) is 1.24. The van der Waals surface area contributed by atoms with Crippen molar-refractivity contribution in [3.05, 3.63) is 28.6 Å². The molecule has 2 N–H and O–H groups in total. The maximum atomic E-state index is 11.5. The van der Waals surface area contributed by atoms with Crippen LogP contribution in [0.4, 0.5) is 10.6 Å². The molecule has 2 heterocycles. The van der Waals surface area contributed by atoms with Crippen molar-refractivity contribution in [3.63, 3.8) is 0 Å². The van der Waals surface area contributed by atoms with E-state index in [2.05, 4.69) is 20.9 Å². The summed E-state index contributed by atoms with van der Waals surface area (Å²) in [5.74, 6) is 0.445. The zero-order valence-electron chi connectivity index (χ0n) is 9.38. The fourth-order valence-corrected chi connectivity index (χ4v) is 2.03. The lowest BCUT2D eigenvalue weighted by Gasteiger charge is -2.03. The molecule has 0 radical (unpaired) electrons. The summed E-state index contributed by atoms with van der Waals surface area (Å²) in [4.78, 5) is 12.7. The van der Waals surface area contributed by atoms with E-state index >= 15 is 0 Å². The minimum Gasteiger partial charge on any atom is -0.337 e. The highest BCUT2D eigenvalue weighted by atomic mass is 32.1. The number of rotatable bonds is 4. The highest BCUT2D eigenvalue weighted by Gasteiger charge is 2.03. The first kappa shape index (κ1) is 11.6. The van der Waals surface area contributed by atoms with Crippen LogP contribution in [0.25, 0.3) is 0 Å². The molecule has 17 heavy (non-hydrogen) atoms. The van der Waals surface area contributed by atoms with Crippen LogP contribution in [-0.2, 0) is 13.5 Å². The quantitative estimate of drug-likeness (QED) is 0.858. The number of urea groups is 1. The molecule has 0 aliphatic carbocycles. The Labute approximate surface area is 103 Å². The average Bonchev–Trinajstić information content (AvgIpc) is 2.90. The predicted molar refractivity (Wildman–Crippen MR) is 66.0 cm³/mol. The molecule has 6 nitrogen and oxygen atoms in total. The first-order valence-corrected chi connectivity index (χ1v) is 6.05. The van der Waals surface area contributed by atoms with E-state index in [0.29, 0.717) is 12.4 Å². The van der Waals surface area contributed by atoms with Crippen molar-refractivity contribution >= 4 is 23.2 Å². The summed E-state index contributed by atoms with van der Waals surface area (Å²) in [5, 5.41) is 14.9. The summed E-state index contributed by atoms with van der Waals surface area (Å²) in [7, 11) is 1.74. The van der Waals surface area contributed by atoms with E-state index in [9.17, 15) is 4.79 Å². The smallest absolute Gasteiger partial charge is 0.320 e. The average molecular weight is 251 g/mol. The van der Waals surface area contributed by atoms with Gasteiger partial charge in [0.25, 0.3) is 0 Å². The Balaban J connectivity index is 1.71. The number of carbonyl (C=O) groups is 1. The van der Waals surface area contributed by atoms with E-state index in [1.54, 1.807) is 24.6 Å². The second kappa shape index (κ2) is 5.44. The van der Waals surface area contributed by atoms with Crippen LogP contribution >= 0.6 is 11.3 Å². The molecule has 0 atom stereocenters. The van der Waals surface area contributed by atoms with Crippen molar-refractivity contribution in [2.75, 3.05) is 11.9 Å². The van der Waals surface area contributed by atoms with Crippen molar-refractivity contribution in [1.29, 1.82) is 0 Å². The normalized spacial score (nSPS) is 10.2. The van der Waals surface area contributed by atoms with Crippen molar-refractivity contribution in [1.82, 2.24) is 20.3 Å². The van der Waals surface area contributed by atoms with Gasteiger partial charge in [-0.3, -0.25) is 10.00 Å². The molecule has 0 fully saturated rings. The van der Waals surface area contributed by atoms with Gasteiger partial charge in [-0.05, 0) is 17.9 Å². The minimum atomic E-state index is -0.262. The molecule has 0 spiro atoms. The van der Waals surface area contributed by atoms with Crippen LogP contribution in [0.1, 0.15) is 4.88 Å². The van der Waals surface area contributed by atoms with Crippen LogP contribution < -0.4 is 10.6 Å². The van der Waals surface area contributed by atoms with Gasteiger partial charge in [-0.15, -0.1) is 16.4 Å². The van der Waals surface area contributed by atoms with Crippen LogP contribution in [0.5, 0.6) is 0 Å². The number of thiophene rings is 1. The minimum absolute atomic E-state index is 0.262. The van der Waals surface area contributed by atoms with Gasteiger partial charge in [0, 0.05) is 18.5 Å². The Morgan fingerprint density at radius 1 is 1.59 bits per heavy atom. The lowest BCUT2D eigenvalue weighted by molar-refractivity contribution is 0.252. The number of hydrogen-bond donors (Lipinski definition) is 2. The molecule has 0 saturated carbocycles. The van der Waals surface area contributed by atoms with Crippen molar-refractivity contribution in [2.45, 2.75) is 6.42 Å². The lowest BCUT2D eigenvalue weighted by Crippen LogP contribution is -2.30. The molecule has 0 aliphatic heterocycles. The van der Waals surface area contributed by atoms with E-state index in [1.807, 2.05) is 17.5 Å². The molecule has 2 rings (SSSR count). The third-order valence-electron chi connectivity index (χ3n) is 2.08. The molecule has 7 heteroatoms. The van der Waals surface area contributed by atoms with E-state index < -0.39 is 0 Å². The van der Waals surface area contributed by atoms with Crippen molar-refractivity contribution < 1.29 is 4.79 Å². The summed E-state index contributed by atoms with van der Waals surface area (Å²) < 4.78 is 1.53. The van der Waals surface area contributed by atoms with Gasteiger partial charge in [-0.25, -0.2) is 4.79 Å². The Morgan fingerprint density at radius 3 is 3.12 bits per heavy atom. The Kier molecular flexibility index (Phi) is 3.71. The van der Waals surface area contributed by atoms with Gasteiger partial charge in [0.15, 0.2) is 5.82 Å². The van der Waals surface area contributed by atoms with Crippen LogP contribution in [0.3, 0.4) is 0 Å². The van der Waals surface area contributed by atoms with Crippen LogP contribution in [0.15, 0.2) is 23.7 Å². The summed E-state index contributed by atoms with van der Waals surface area (Å²) in [6.07, 6.45) is 2.48. The summed E-state index contributed by atoms with van der Waals surface area (Å²) >= 11 is 1.68. The summed E-state index contributed by atoms with van der Waals surface area (Å²) in [6, 6.07) is 3.79. The van der Waals surface area contributed by atoms with Crippen LogP contribution in [0.2, 0.25) is 0 Å².